The van der Waals surface area contributed by atoms with Gasteiger partial charge in [-0.25, -0.2) is 0 Å². The van der Waals surface area contributed by atoms with Crippen LogP contribution < -0.4 is 5.32 Å². The number of benzene rings is 2. The van der Waals surface area contributed by atoms with Crippen molar-refractivity contribution in [2.45, 2.75) is 51.4 Å². The lowest BCUT2D eigenvalue weighted by atomic mass is 9.96. The number of rotatable bonds is 4. The molecule has 2 aliphatic heterocycles. The van der Waals surface area contributed by atoms with Gasteiger partial charge in [0.05, 0.1) is 6.61 Å². The molecule has 2 heterocycles. The van der Waals surface area contributed by atoms with E-state index in [-0.39, 0.29) is 30.4 Å². The summed E-state index contributed by atoms with van der Waals surface area (Å²) >= 11 is 0. The molecule has 174 valence electrons. The van der Waals surface area contributed by atoms with Gasteiger partial charge in [0.15, 0.2) is 0 Å². The van der Waals surface area contributed by atoms with E-state index in [0.29, 0.717) is 37.1 Å². The van der Waals surface area contributed by atoms with E-state index in [4.69, 9.17) is 4.74 Å². The number of hydrogen-bond acceptors (Lipinski definition) is 4. The summed E-state index contributed by atoms with van der Waals surface area (Å²) in [6, 6.07) is 15.8. The summed E-state index contributed by atoms with van der Waals surface area (Å²) in [6.45, 7) is 6.78. The van der Waals surface area contributed by atoms with E-state index in [1.165, 1.54) is 0 Å². The first kappa shape index (κ1) is 23.0. The highest BCUT2D eigenvalue weighted by Gasteiger charge is 2.54. The Kier molecular flexibility index (Phi) is 6.51. The molecule has 1 N–H and O–H groups in total. The number of carbonyl (C=O) groups is 3. The first-order valence-corrected chi connectivity index (χ1v) is 11.5. The van der Waals surface area contributed by atoms with Gasteiger partial charge >= 0.3 is 0 Å². The monoisotopic (exact) mass is 449 g/mol. The van der Waals surface area contributed by atoms with E-state index < -0.39 is 11.8 Å². The Labute approximate surface area is 194 Å². The summed E-state index contributed by atoms with van der Waals surface area (Å²) in [5.74, 6) is -0.471. The van der Waals surface area contributed by atoms with Crippen LogP contribution in [0, 0.1) is 6.92 Å². The summed E-state index contributed by atoms with van der Waals surface area (Å²) in [7, 11) is 0. The third kappa shape index (κ3) is 4.64. The standard InChI is InChI=1S/C26H31N3O4/c1-18(2)27-23(30)22-17-33-26(29(22)25(32)20-9-5-4-6-10-20)12-14-28(15-13-26)24(31)21-11-7-8-19(3)16-21/h4-11,16,18,22H,12-15,17H2,1-3H3,(H,27,30). The molecule has 33 heavy (non-hydrogen) atoms. The number of nitrogens with zero attached hydrogens (tertiary/aromatic N) is 2. The van der Waals surface area contributed by atoms with E-state index in [1.54, 1.807) is 21.9 Å². The van der Waals surface area contributed by atoms with E-state index in [9.17, 15) is 14.4 Å². The molecule has 2 aliphatic rings. The molecule has 4 rings (SSSR count). The Hall–Kier alpha value is -3.19. The van der Waals surface area contributed by atoms with E-state index in [0.717, 1.165) is 5.56 Å². The Morgan fingerprint density at radius 1 is 0.970 bits per heavy atom. The van der Waals surface area contributed by atoms with Gasteiger partial charge in [-0.15, -0.1) is 0 Å². The Bertz CT molecular complexity index is 1030. The average molecular weight is 450 g/mol. The third-order valence-electron chi connectivity index (χ3n) is 6.33. The van der Waals surface area contributed by atoms with Gasteiger partial charge < -0.3 is 15.0 Å². The molecule has 2 saturated heterocycles. The van der Waals surface area contributed by atoms with Crippen molar-refractivity contribution in [3.8, 4) is 0 Å². The SMILES string of the molecule is Cc1cccc(C(=O)N2CCC3(CC2)OCC(C(=O)NC(C)C)N3C(=O)c2ccccc2)c1. The molecule has 1 atom stereocenters. The molecule has 2 fully saturated rings. The highest BCUT2D eigenvalue weighted by Crippen LogP contribution is 2.38. The summed E-state index contributed by atoms with van der Waals surface area (Å²) in [6.07, 6.45) is 0.906. The topological polar surface area (TPSA) is 79.0 Å². The molecular weight excluding hydrogens is 418 g/mol. The van der Waals surface area contributed by atoms with Gasteiger partial charge in [0.25, 0.3) is 11.8 Å². The maximum absolute atomic E-state index is 13.6. The van der Waals surface area contributed by atoms with Crippen LogP contribution in [-0.2, 0) is 9.53 Å². The van der Waals surface area contributed by atoms with Crippen LogP contribution in [0.5, 0.6) is 0 Å². The van der Waals surface area contributed by atoms with Gasteiger partial charge in [0.1, 0.15) is 11.8 Å². The number of amides is 3. The van der Waals surface area contributed by atoms with Crippen molar-refractivity contribution in [3.63, 3.8) is 0 Å². The van der Waals surface area contributed by atoms with Crippen LogP contribution >= 0.6 is 0 Å². The van der Waals surface area contributed by atoms with Crippen molar-refractivity contribution in [1.29, 1.82) is 0 Å². The van der Waals surface area contributed by atoms with Crippen molar-refractivity contribution in [2.75, 3.05) is 19.7 Å². The predicted molar refractivity (Wildman–Crippen MR) is 125 cm³/mol. The van der Waals surface area contributed by atoms with Crippen LogP contribution in [0.15, 0.2) is 54.6 Å². The van der Waals surface area contributed by atoms with Crippen molar-refractivity contribution < 1.29 is 19.1 Å². The van der Waals surface area contributed by atoms with Crippen LogP contribution in [0.4, 0.5) is 0 Å². The third-order valence-corrected chi connectivity index (χ3v) is 6.33. The zero-order valence-electron chi connectivity index (χ0n) is 19.4. The number of piperidine rings is 1. The lowest BCUT2D eigenvalue weighted by Crippen LogP contribution is -2.60. The minimum Gasteiger partial charge on any atom is -0.353 e. The van der Waals surface area contributed by atoms with Crippen LogP contribution in [0.25, 0.3) is 0 Å². The molecule has 2 aromatic rings. The van der Waals surface area contributed by atoms with Gasteiger partial charge in [-0.05, 0) is 45.0 Å². The molecule has 2 aromatic carbocycles. The van der Waals surface area contributed by atoms with Gasteiger partial charge in [0, 0.05) is 43.1 Å². The van der Waals surface area contributed by atoms with Crippen LogP contribution in [-0.4, -0.2) is 65.0 Å². The molecular formula is C26H31N3O4. The molecule has 1 unspecified atom stereocenters. The molecule has 0 bridgehead atoms. The second-order valence-corrected chi connectivity index (χ2v) is 9.14. The maximum Gasteiger partial charge on any atom is 0.256 e. The first-order chi connectivity index (χ1) is 15.8. The predicted octanol–water partition coefficient (Wildman–Crippen LogP) is 2.99. The Balaban J connectivity index is 1.57. The average Bonchev–Trinajstić information content (AvgIpc) is 3.17. The largest absolute Gasteiger partial charge is 0.353 e. The van der Waals surface area contributed by atoms with Crippen LogP contribution in [0.3, 0.4) is 0 Å². The molecule has 0 saturated carbocycles. The van der Waals surface area contributed by atoms with E-state index in [1.807, 2.05) is 63.2 Å². The van der Waals surface area contributed by atoms with Crippen molar-refractivity contribution in [2.24, 2.45) is 0 Å². The van der Waals surface area contributed by atoms with Crippen molar-refractivity contribution >= 4 is 17.7 Å². The fourth-order valence-electron chi connectivity index (χ4n) is 4.69. The maximum atomic E-state index is 13.6. The molecule has 7 heteroatoms. The van der Waals surface area contributed by atoms with Gasteiger partial charge in [-0.2, -0.15) is 0 Å². The highest BCUT2D eigenvalue weighted by molar-refractivity contribution is 5.98. The normalized spacial score (nSPS) is 19.7. The highest BCUT2D eigenvalue weighted by atomic mass is 16.5. The van der Waals surface area contributed by atoms with Crippen LogP contribution in [0.1, 0.15) is 53.0 Å². The molecule has 0 aromatic heterocycles. The second-order valence-electron chi connectivity index (χ2n) is 9.14. The number of ether oxygens (including phenoxy) is 1. The first-order valence-electron chi connectivity index (χ1n) is 11.5. The molecule has 0 aliphatic carbocycles. The minimum absolute atomic E-state index is 0.0263. The van der Waals surface area contributed by atoms with E-state index >= 15 is 0 Å². The number of carbonyl (C=O) groups excluding carboxylic acids is 3. The van der Waals surface area contributed by atoms with Crippen molar-refractivity contribution in [3.05, 3.63) is 71.3 Å². The number of nitrogens with one attached hydrogen (secondary N) is 1. The lowest BCUT2D eigenvalue weighted by molar-refractivity contribution is -0.128. The Morgan fingerprint density at radius 3 is 2.27 bits per heavy atom. The molecule has 3 amide bonds. The van der Waals surface area contributed by atoms with Gasteiger partial charge in [-0.1, -0.05) is 35.9 Å². The van der Waals surface area contributed by atoms with Crippen molar-refractivity contribution in [1.82, 2.24) is 15.1 Å². The zero-order chi connectivity index (χ0) is 23.6. The quantitative estimate of drug-likeness (QED) is 0.778. The summed E-state index contributed by atoms with van der Waals surface area (Å²) in [5.41, 5.74) is 1.30. The fraction of sp³-hybridized carbons (Fsp3) is 0.423. The van der Waals surface area contributed by atoms with Crippen LogP contribution in [0.2, 0.25) is 0 Å². The second kappa shape index (κ2) is 9.35. The molecule has 0 radical (unpaired) electrons. The lowest BCUT2D eigenvalue weighted by Gasteiger charge is -2.44. The van der Waals surface area contributed by atoms with Gasteiger partial charge in [0.2, 0.25) is 5.91 Å². The number of likely N-dealkylation sites (tertiary alicyclic amines) is 1. The van der Waals surface area contributed by atoms with Gasteiger partial charge in [-0.3, -0.25) is 19.3 Å². The molecule has 1 spiro atoms. The Morgan fingerprint density at radius 2 is 1.64 bits per heavy atom. The summed E-state index contributed by atoms with van der Waals surface area (Å²) in [4.78, 5) is 43.0. The smallest absolute Gasteiger partial charge is 0.256 e. The number of hydrogen-bond donors (Lipinski definition) is 1. The minimum atomic E-state index is -0.907. The summed E-state index contributed by atoms with van der Waals surface area (Å²) < 4.78 is 6.21. The van der Waals surface area contributed by atoms with E-state index in [2.05, 4.69) is 5.32 Å². The zero-order valence-corrected chi connectivity index (χ0v) is 19.4. The molecule has 7 nitrogen and oxygen atoms in total. The summed E-state index contributed by atoms with van der Waals surface area (Å²) in [5, 5.41) is 2.92. The number of aryl methyl sites for hydroxylation is 1. The fourth-order valence-corrected chi connectivity index (χ4v) is 4.69.